The van der Waals surface area contributed by atoms with Crippen molar-refractivity contribution in [1.29, 1.82) is 0 Å². The molecule has 0 saturated heterocycles. The third-order valence-electron chi connectivity index (χ3n) is 2.12. The summed E-state index contributed by atoms with van der Waals surface area (Å²) in [6, 6.07) is 13.4. The zero-order valence-corrected chi connectivity index (χ0v) is 9.66. The molecule has 80 valence electrons. The molecule has 15 heavy (non-hydrogen) atoms. The van der Waals surface area contributed by atoms with Crippen LogP contribution in [0.2, 0.25) is 0 Å². The summed E-state index contributed by atoms with van der Waals surface area (Å²) in [5, 5.41) is 0. The second-order valence-electron chi connectivity index (χ2n) is 3.59. The van der Waals surface area contributed by atoms with Gasteiger partial charge in [0.1, 0.15) is 0 Å². The number of hydrogen-bond donors (Lipinski definition) is 0. The molecule has 0 N–H and O–H groups in total. The summed E-state index contributed by atoms with van der Waals surface area (Å²) in [5.41, 5.74) is 1.09. The highest BCUT2D eigenvalue weighted by Gasteiger charge is 1.94. The van der Waals surface area contributed by atoms with Gasteiger partial charge in [0.2, 0.25) is 0 Å². The molecule has 0 radical (unpaired) electrons. The molecule has 1 nitrogen and oxygen atoms in total. The van der Waals surface area contributed by atoms with Gasteiger partial charge in [0.05, 0.1) is 0 Å². The minimum atomic E-state index is 1.06. The lowest BCUT2D eigenvalue weighted by Gasteiger charge is -2.14. The molecule has 0 fully saturated rings. The van der Waals surface area contributed by atoms with E-state index in [1.165, 1.54) is 0 Å². The van der Waals surface area contributed by atoms with Crippen LogP contribution in [0.15, 0.2) is 30.3 Å². The Kier molecular flexibility index (Phi) is 5.40. The van der Waals surface area contributed by atoms with Crippen LogP contribution in [0.3, 0.4) is 0 Å². The number of hydrogen-bond acceptors (Lipinski definition) is 1. The van der Waals surface area contributed by atoms with Crippen molar-refractivity contribution in [2.24, 2.45) is 0 Å². The van der Waals surface area contributed by atoms with Crippen LogP contribution < -0.4 is 0 Å². The SMILES string of the molecule is CCCN(C#Cc1ccccc1)CCC. The molecule has 0 heterocycles. The van der Waals surface area contributed by atoms with E-state index in [9.17, 15) is 0 Å². The first kappa shape index (κ1) is 11.7. The molecular weight excluding hydrogens is 182 g/mol. The zero-order chi connectivity index (χ0) is 10.9. The van der Waals surface area contributed by atoms with Crippen LogP contribution in [0.25, 0.3) is 0 Å². The van der Waals surface area contributed by atoms with Gasteiger partial charge in [0.25, 0.3) is 0 Å². The molecule has 0 saturated carbocycles. The Morgan fingerprint density at radius 1 is 1.00 bits per heavy atom. The minimum absolute atomic E-state index is 1.06. The Labute approximate surface area is 93.1 Å². The molecule has 0 bridgehead atoms. The normalized spacial score (nSPS) is 9.20. The van der Waals surface area contributed by atoms with Crippen LogP contribution in [-0.4, -0.2) is 18.0 Å². The second-order valence-corrected chi connectivity index (χ2v) is 3.59. The molecule has 0 atom stereocenters. The summed E-state index contributed by atoms with van der Waals surface area (Å²) in [7, 11) is 0. The van der Waals surface area contributed by atoms with Gasteiger partial charge in [-0.1, -0.05) is 32.0 Å². The van der Waals surface area contributed by atoms with Crippen molar-refractivity contribution in [3.63, 3.8) is 0 Å². The van der Waals surface area contributed by atoms with Crippen molar-refractivity contribution in [2.75, 3.05) is 13.1 Å². The van der Waals surface area contributed by atoms with E-state index in [2.05, 4.69) is 30.7 Å². The topological polar surface area (TPSA) is 3.24 Å². The van der Waals surface area contributed by atoms with Crippen LogP contribution in [0.4, 0.5) is 0 Å². The average Bonchev–Trinajstić information content (AvgIpc) is 2.28. The fourth-order valence-electron chi connectivity index (χ4n) is 1.43. The highest BCUT2D eigenvalue weighted by molar-refractivity contribution is 5.33. The quantitative estimate of drug-likeness (QED) is 0.534. The smallest absolute Gasteiger partial charge is 0.0263 e. The van der Waals surface area contributed by atoms with Crippen LogP contribution in [0.5, 0.6) is 0 Å². The van der Waals surface area contributed by atoms with Gasteiger partial charge in [-0.2, -0.15) is 0 Å². The third kappa shape index (κ3) is 4.56. The maximum atomic E-state index is 3.22. The molecule has 0 aliphatic heterocycles. The van der Waals surface area contributed by atoms with Crippen molar-refractivity contribution >= 4 is 0 Å². The molecule has 0 aromatic heterocycles. The molecular formula is C14H19N. The highest BCUT2D eigenvalue weighted by atomic mass is 15.1. The Hall–Kier alpha value is -1.42. The monoisotopic (exact) mass is 201 g/mol. The number of benzene rings is 1. The van der Waals surface area contributed by atoms with E-state index in [-0.39, 0.29) is 0 Å². The van der Waals surface area contributed by atoms with E-state index >= 15 is 0 Å². The molecule has 1 aromatic carbocycles. The van der Waals surface area contributed by atoms with E-state index < -0.39 is 0 Å². The van der Waals surface area contributed by atoms with Gasteiger partial charge >= 0.3 is 0 Å². The third-order valence-corrected chi connectivity index (χ3v) is 2.12. The minimum Gasteiger partial charge on any atom is -0.332 e. The number of rotatable bonds is 4. The Balaban J connectivity index is 2.60. The first-order chi connectivity index (χ1) is 7.36. The fraction of sp³-hybridized carbons (Fsp3) is 0.429. The summed E-state index contributed by atoms with van der Waals surface area (Å²) >= 11 is 0. The molecule has 0 amide bonds. The van der Waals surface area contributed by atoms with Crippen molar-refractivity contribution in [3.05, 3.63) is 35.9 Å². The van der Waals surface area contributed by atoms with Gasteiger partial charge in [0, 0.05) is 24.7 Å². The molecule has 0 unspecified atom stereocenters. The second kappa shape index (κ2) is 6.95. The summed E-state index contributed by atoms with van der Waals surface area (Å²) < 4.78 is 0. The average molecular weight is 201 g/mol. The molecule has 0 aliphatic carbocycles. The molecule has 0 aliphatic rings. The van der Waals surface area contributed by atoms with Gasteiger partial charge in [-0.25, -0.2) is 0 Å². The van der Waals surface area contributed by atoms with Crippen LogP contribution >= 0.6 is 0 Å². The van der Waals surface area contributed by atoms with E-state index in [0.717, 1.165) is 31.5 Å². The molecule has 1 heteroatoms. The summed E-state index contributed by atoms with van der Waals surface area (Å²) in [5.74, 6) is 3.19. The van der Waals surface area contributed by atoms with Crippen molar-refractivity contribution in [1.82, 2.24) is 4.90 Å². The van der Waals surface area contributed by atoms with Crippen LogP contribution in [-0.2, 0) is 0 Å². The molecule has 1 rings (SSSR count). The van der Waals surface area contributed by atoms with E-state index in [1.807, 2.05) is 30.3 Å². The maximum Gasteiger partial charge on any atom is 0.0263 e. The number of nitrogens with zero attached hydrogens (tertiary/aromatic N) is 1. The summed E-state index contributed by atoms with van der Waals surface area (Å²) in [6.07, 6.45) is 2.31. The van der Waals surface area contributed by atoms with Crippen LogP contribution in [0, 0.1) is 12.0 Å². The fourth-order valence-corrected chi connectivity index (χ4v) is 1.43. The maximum absolute atomic E-state index is 3.22. The van der Waals surface area contributed by atoms with E-state index in [0.29, 0.717) is 0 Å². The van der Waals surface area contributed by atoms with Gasteiger partial charge in [-0.15, -0.1) is 0 Å². The van der Waals surface area contributed by atoms with Crippen molar-refractivity contribution in [2.45, 2.75) is 26.7 Å². The first-order valence-electron chi connectivity index (χ1n) is 5.68. The first-order valence-corrected chi connectivity index (χ1v) is 5.68. The lowest BCUT2D eigenvalue weighted by atomic mass is 10.2. The Morgan fingerprint density at radius 3 is 2.13 bits per heavy atom. The summed E-state index contributed by atoms with van der Waals surface area (Å²) in [4.78, 5) is 2.20. The highest BCUT2D eigenvalue weighted by Crippen LogP contribution is 1.96. The van der Waals surface area contributed by atoms with Gasteiger partial charge in [-0.05, 0) is 30.9 Å². The lowest BCUT2D eigenvalue weighted by molar-refractivity contribution is 0.397. The standard InChI is InChI=1S/C14H19N/c1-3-11-15(12-4-2)13-10-14-8-6-5-7-9-14/h5-9H,3-4,11-12H2,1-2H3. The van der Waals surface area contributed by atoms with Gasteiger partial charge < -0.3 is 4.90 Å². The van der Waals surface area contributed by atoms with Gasteiger partial charge in [0.15, 0.2) is 0 Å². The van der Waals surface area contributed by atoms with Crippen LogP contribution in [0.1, 0.15) is 32.3 Å². The largest absolute Gasteiger partial charge is 0.332 e. The van der Waals surface area contributed by atoms with Crippen molar-refractivity contribution < 1.29 is 0 Å². The van der Waals surface area contributed by atoms with E-state index in [1.54, 1.807) is 0 Å². The Bertz CT molecular complexity index is 312. The Morgan fingerprint density at radius 2 is 1.60 bits per heavy atom. The zero-order valence-electron chi connectivity index (χ0n) is 9.66. The van der Waals surface area contributed by atoms with E-state index in [4.69, 9.17) is 0 Å². The lowest BCUT2D eigenvalue weighted by Crippen LogP contribution is -2.19. The molecule has 0 spiro atoms. The summed E-state index contributed by atoms with van der Waals surface area (Å²) in [6.45, 7) is 6.50. The predicted octanol–water partition coefficient (Wildman–Crippen LogP) is 3.12. The molecule has 1 aromatic rings. The van der Waals surface area contributed by atoms with Crippen molar-refractivity contribution in [3.8, 4) is 12.0 Å². The predicted molar refractivity (Wildman–Crippen MR) is 65.5 cm³/mol. The van der Waals surface area contributed by atoms with Gasteiger partial charge in [-0.3, -0.25) is 0 Å².